The van der Waals surface area contributed by atoms with Crippen LogP contribution in [0.15, 0.2) is 0 Å². The van der Waals surface area contributed by atoms with E-state index in [2.05, 4.69) is 20.8 Å². The fourth-order valence-corrected chi connectivity index (χ4v) is 6.37. The Hall–Kier alpha value is 0.962. The molecule has 0 aliphatic rings. The third kappa shape index (κ3) is 23.0. The quantitative estimate of drug-likeness (QED) is 0.102. The summed E-state index contributed by atoms with van der Waals surface area (Å²) in [6.07, 6.45) is 31.2. The summed E-state index contributed by atoms with van der Waals surface area (Å²) in [7, 11) is 0.366. The van der Waals surface area contributed by atoms with Gasteiger partial charge in [0.05, 0.1) is 0 Å². The molecule has 0 spiro atoms. The van der Waals surface area contributed by atoms with Crippen molar-refractivity contribution in [2.24, 2.45) is 0 Å². The number of hydrogen-bond donors (Lipinski definition) is 0. The fraction of sp³-hybridized carbons (Fsp3) is 1.00. The van der Waals surface area contributed by atoms with Crippen LogP contribution in [0, 0.1) is 0 Å². The van der Waals surface area contributed by atoms with E-state index in [-0.39, 0.29) is 21.6 Å². The van der Waals surface area contributed by atoms with Gasteiger partial charge >= 0.3 is 17.4 Å². The van der Waals surface area contributed by atoms with Gasteiger partial charge in [0.1, 0.15) is 0 Å². The van der Waals surface area contributed by atoms with Gasteiger partial charge in [0.2, 0.25) is 0 Å². The maximum Gasteiger partial charge on any atom is 3.00 e. The van der Waals surface area contributed by atoms with Gasteiger partial charge in [-0.25, -0.2) is 0 Å². The molecule has 0 amide bonds. The van der Waals surface area contributed by atoms with Crippen molar-refractivity contribution in [3.63, 3.8) is 0 Å². The number of rotatable bonds is 21. The van der Waals surface area contributed by atoms with E-state index in [1.54, 1.807) is 18.5 Å². The van der Waals surface area contributed by atoms with E-state index in [1.807, 2.05) is 0 Å². The van der Waals surface area contributed by atoms with Crippen LogP contribution in [0.5, 0.6) is 0 Å². The Kier molecular flexibility index (Phi) is 29.1. The Labute approximate surface area is 184 Å². The van der Waals surface area contributed by atoms with E-state index in [0.717, 1.165) is 0 Å². The van der Waals surface area contributed by atoms with Crippen LogP contribution < -0.4 is 0 Å². The predicted molar refractivity (Wildman–Crippen MR) is 131 cm³/mol. The van der Waals surface area contributed by atoms with Crippen LogP contribution in [0.4, 0.5) is 0 Å². The molecule has 0 fully saturated rings. The zero-order valence-electron chi connectivity index (χ0n) is 21.9. The molecule has 0 aromatic heterocycles. The third-order valence-corrected chi connectivity index (χ3v) is 8.33. The van der Waals surface area contributed by atoms with Crippen LogP contribution in [-0.2, 0) is 0 Å². The molecule has 0 radical (unpaired) electrons. The molecule has 26 heavy (non-hydrogen) atoms. The van der Waals surface area contributed by atoms with E-state index >= 15 is 0 Å². The molecule has 0 aromatic rings. The normalized spacial score (nSPS) is 11.1. The number of unbranched alkanes of at least 4 members (excludes halogenated alkanes) is 15. The summed E-state index contributed by atoms with van der Waals surface area (Å²) in [6, 6.07) is 0. The standard InChI is InChI=1S/C24H51P.Al.3H/c1-4-7-10-13-16-19-22-25(23-20-17-14-11-8-5-2)24-21-18-15-12-9-6-3;;;;/h4-24H2,1-3H3;;;;/q;+3;3*-1. The topological polar surface area (TPSA) is 0 Å². The summed E-state index contributed by atoms with van der Waals surface area (Å²) in [5.74, 6) is 0. The van der Waals surface area contributed by atoms with Gasteiger partial charge < -0.3 is 4.28 Å². The van der Waals surface area contributed by atoms with Crippen LogP contribution in [0.2, 0.25) is 0 Å². The molecule has 0 rings (SSSR count). The molecule has 0 atom stereocenters. The van der Waals surface area contributed by atoms with Gasteiger partial charge in [0.25, 0.3) is 0 Å². The Morgan fingerprint density at radius 3 is 0.885 bits per heavy atom. The smallest absolute Gasteiger partial charge is 1.00 e. The predicted octanol–water partition coefficient (Wildman–Crippen LogP) is 9.51. The minimum absolute atomic E-state index is 0. The molecule has 2 heteroatoms. The van der Waals surface area contributed by atoms with E-state index in [0.29, 0.717) is 7.92 Å². The molecular weight excluding hydrogens is 346 g/mol. The minimum Gasteiger partial charge on any atom is -1.00 e. The second-order valence-electron chi connectivity index (χ2n) is 8.14. The first kappa shape index (κ1) is 29.2. The first-order valence-corrected chi connectivity index (χ1v) is 14.0. The summed E-state index contributed by atoms with van der Waals surface area (Å²) in [5, 5.41) is 0. The van der Waals surface area contributed by atoms with Crippen molar-refractivity contribution in [2.45, 2.75) is 136 Å². The summed E-state index contributed by atoms with van der Waals surface area (Å²) < 4.78 is 0. The van der Waals surface area contributed by atoms with Crippen LogP contribution in [0.3, 0.4) is 0 Å². The summed E-state index contributed by atoms with van der Waals surface area (Å²) in [6.45, 7) is 6.96. The molecule has 0 N–H and O–H groups in total. The maximum atomic E-state index is 2.32. The van der Waals surface area contributed by atoms with E-state index in [9.17, 15) is 0 Å². The third-order valence-electron chi connectivity index (χ3n) is 5.48. The fourth-order valence-electron chi connectivity index (χ4n) is 3.68. The number of hydrogen-bond acceptors (Lipinski definition) is 0. The molecule has 0 saturated heterocycles. The van der Waals surface area contributed by atoms with Crippen molar-refractivity contribution in [3.05, 3.63) is 0 Å². The average Bonchev–Trinajstić information content (AvgIpc) is 2.63. The second-order valence-corrected chi connectivity index (χ2v) is 10.8. The van der Waals surface area contributed by atoms with Gasteiger partial charge in [0, 0.05) is 0 Å². The molecule has 0 nitrogen and oxygen atoms in total. The van der Waals surface area contributed by atoms with Gasteiger partial charge in [-0.15, -0.1) is 7.92 Å². The molecule has 0 unspecified atom stereocenters. The largest absolute Gasteiger partial charge is 3.00 e. The Balaban J connectivity index is -0.000000480. The van der Waals surface area contributed by atoms with E-state index in [1.165, 1.54) is 116 Å². The Morgan fingerprint density at radius 1 is 0.385 bits per heavy atom. The zero-order valence-corrected chi connectivity index (χ0v) is 20.9. The van der Waals surface area contributed by atoms with Crippen LogP contribution in [-0.4, -0.2) is 35.8 Å². The second kappa shape index (κ2) is 26.0. The van der Waals surface area contributed by atoms with Crippen molar-refractivity contribution in [1.82, 2.24) is 0 Å². The van der Waals surface area contributed by atoms with Gasteiger partial charge in [0.15, 0.2) is 0 Å². The molecule has 0 saturated carbocycles. The maximum absolute atomic E-state index is 2.32. The molecule has 0 bridgehead atoms. The summed E-state index contributed by atoms with van der Waals surface area (Å²) in [5.41, 5.74) is 0. The van der Waals surface area contributed by atoms with Crippen molar-refractivity contribution in [1.29, 1.82) is 0 Å². The van der Waals surface area contributed by atoms with Gasteiger partial charge in [-0.3, -0.25) is 0 Å². The molecule has 0 aliphatic heterocycles. The zero-order chi connectivity index (χ0) is 18.4. The van der Waals surface area contributed by atoms with Crippen molar-refractivity contribution >= 4 is 25.3 Å². The van der Waals surface area contributed by atoms with Crippen LogP contribution in [0.1, 0.15) is 141 Å². The molecular formula is C24H54AlP. The van der Waals surface area contributed by atoms with Crippen molar-refractivity contribution in [3.8, 4) is 0 Å². The van der Waals surface area contributed by atoms with Crippen molar-refractivity contribution in [2.75, 3.05) is 18.5 Å². The molecule has 0 aromatic carbocycles. The molecule has 0 aliphatic carbocycles. The first-order chi connectivity index (χ1) is 12.3. The minimum atomic E-state index is 0. The Morgan fingerprint density at radius 2 is 0.615 bits per heavy atom. The average molecular weight is 401 g/mol. The van der Waals surface area contributed by atoms with Crippen LogP contribution in [0.25, 0.3) is 0 Å². The monoisotopic (exact) mass is 400 g/mol. The SMILES string of the molecule is CCCCCCCCP(CCCCCCCC)CCCCCCCC.[Al+3].[H-].[H-].[H-]. The Bertz CT molecular complexity index is 208. The summed E-state index contributed by atoms with van der Waals surface area (Å²) >= 11 is 0. The molecule has 158 valence electrons. The van der Waals surface area contributed by atoms with Crippen LogP contribution >= 0.6 is 7.92 Å². The van der Waals surface area contributed by atoms with Gasteiger partial charge in [-0.2, -0.15) is 0 Å². The first-order valence-electron chi connectivity index (χ1n) is 12.1. The van der Waals surface area contributed by atoms with E-state index in [4.69, 9.17) is 0 Å². The molecule has 0 heterocycles. The summed E-state index contributed by atoms with van der Waals surface area (Å²) in [4.78, 5) is 0. The van der Waals surface area contributed by atoms with Crippen molar-refractivity contribution < 1.29 is 4.28 Å². The van der Waals surface area contributed by atoms with E-state index < -0.39 is 0 Å². The van der Waals surface area contributed by atoms with Gasteiger partial charge in [-0.05, 0) is 37.7 Å². The van der Waals surface area contributed by atoms with Gasteiger partial charge in [-0.1, -0.05) is 117 Å².